The number of hydrogen-bond acceptors (Lipinski definition) is 3. The average Bonchev–Trinajstić information content (AvgIpc) is 2.08. The maximum Gasteiger partial charge on any atom is 0.142 e. The molecule has 0 N–H and O–H groups in total. The lowest BCUT2D eigenvalue weighted by atomic mass is 10.0. The standard InChI is InChI=1S/C12H21N3/c1-9(2)6-11-7-13-12(8-15(4)5)14-10(11)3/h7,9H,6,8H2,1-5H3. The molecule has 0 atom stereocenters. The van der Waals surface area contributed by atoms with Crippen LogP contribution in [0.2, 0.25) is 0 Å². The van der Waals surface area contributed by atoms with Crippen molar-refractivity contribution in [2.24, 2.45) is 5.92 Å². The monoisotopic (exact) mass is 207 g/mol. The van der Waals surface area contributed by atoms with Gasteiger partial charge >= 0.3 is 0 Å². The molecule has 0 aliphatic rings. The van der Waals surface area contributed by atoms with Crippen molar-refractivity contribution in [1.29, 1.82) is 0 Å². The number of aromatic nitrogens is 2. The van der Waals surface area contributed by atoms with Gasteiger partial charge in [-0.15, -0.1) is 0 Å². The van der Waals surface area contributed by atoms with Gasteiger partial charge in [-0.1, -0.05) is 13.8 Å². The zero-order chi connectivity index (χ0) is 11.4. The van der Waals surface area contributed by atoms with E-state index in [9.17, 15) is 0 Å². The van der Waals surface area contributed by atoms with Gasteiger partial charge in [0.2, 0.25) is 0 Å². The first kappa shape index (κ1) is 12.1. The van der Waals surface area contributed by atoms with Crippen LogP contribution in [0.4, 0.5) is 0 Å². The number of hydrogen-bond donors (Lipinski definition) is 0. The largest absolute Gasteiger partial charge is 0.302 e. The lowest BCUT2D eigenvalue weighted by Gasteiger charge is -2.11. The fourth-order valence-electron chi connectivity index (χ4n) is 1.54. The molecule has 0 amide bonds. The van der Waals surface area contributed by atoms with Gasteiger partial charge in [0.25, 0.3) is 0 Å². The SMILES string of the molecule is Cc1nc(CN(C)C)ncc1CC(C)C. The van der Waals surface area contributed by atoms with Gasteiger partial charge in [-0.05, 0) is 38.9 Å². The highest BCUT2D eigenvalue weighted by molar-refractivity contribution is 5.16. The zero-order valence-corrected chi connectivity index (χ0v) is 10.4. The molecule has 3 nitrogen and oxygen atoms in total. The van der Waals surface area contributed by atoms with Gasteiger partial charge in [0.1, 0.15) is 5.82 Å². The first-order chi connectivity index (χ1) is 6.99. The van der Waals surface area contributed by atoms with Crippen LogP contribution in [0.25, 0.3) is 0 Å². The molecule has 15 heavy (non-hydrogen) atoms. The van der Waals surface area contributed by atoms with Crippen LogP contribution in [0.5, 0.6) is 0 Å². The molecule has 0 aromatic carbocycles. The van der Waals surface area contributed by atoms with E-state index in [1.54, 1.807) is 0 Å². The Labute approximate surface area is 92.6 Å². The van der Waals surface area contributed by atoms with Crippen molar-refractivity contribution >= 4 is 0 Å². The Morgan fingerprint density at radius 1 is 1.33 bits per heavy atom. The highest BCUT2D eigenvalue weighted by atomic mass is 15.1. The van der Waals surface area contributed by atoms with Crippen LogP contribution in [0.15, 0.2) is 6.20 Å². The molecule has 1 heterocycles. The number of aryl methyl sites for hydroxylation is 1. The van der Waals surface area contributed by atoms with Gasteiger partial charge in [0.15, 0.2) is 0 Å². The molecule has 0 spiro atoms. The van der Waals surface area contributed by atoms with Gasteiger partial charge < -0.3 is 4.90 Å². The summed E-state index contributed by atoms with van der Waals surface area (Å²) in [5.41, 5.74) is 2.39. The van der Waals surface area contributed by atoms with E-state index < -0.39 is 0 Å². The summed E-state index contributed by atoms with van der Waals surface area (Å²) in [6.45, 7) is 7.31. The third kappa shape index (κ3) is 3.96. The lowest BCUT2D eigenvalue weighted by Crippen LogP contribution is -2.14. The van der Waals surface area contributed by atoms with Gasteiger partial charge in [-0.2, -0.15) is 0 Å². The molecule has 0 radical (unpaired) electrons. The first-order valence-electron chi connectivity index (χ1n) is 5.45. The zero-order valence-electron chi connectivity index (χ0n) is 10.4. The predicted octanol–water partition coefficient (Wildman–Crippen LogP) is 2.05. The summed E-state index contributed by atoms with van der Waals surface area (Å²) < 4.78 is 0. The lowest BCUT2D eigenvalue weighted by molar-refractivity contribution is 0.389. The van der Waals surface area contributed by atoms with Crippen molar-refractivity contribution in [1.82, 2.24) is 14.9 Å². The maximum atomic E-state index is 4.51. The fourth-order valence-corrected chi connectivity index (χ4v) is 1.54. The van der Waals surface area contributed by atoms with E-state index in [0.29, 0.717) is 5.92 Å². The van der Waals surface area contributed by atoms with Gasteiger partial charge in [-0.25, -0.2) is 9.97 Å². The normalized spacial score (nSPS) is 11.4. The van der Waals surface area contributed by atoms with Crippen LogP contribution in [0.1, 0.15) is 30.9 Å². The van der Waals surface area contributed by atoms with Gasteiger partial charge in [-0.3, -0.25) is 0 Å². The Kier molecular flexibility index (Phi) is 4.21. The van der Waals surface area contributed by atoms with Gasteiger partial charge in [0.05, 0.1) is 6.54 Å². The van der Waals surface area contributed by atoms with Crippen molar-refractivity contribution in [2.45, 2.75) is 33.7 Å². The highest BCUT2D eigenvalue weighted by Crippen LogP contribution is 2.10. The second kappa shape index (κ2) is 5.21. The summed E-state index contributed by atoms with van der Waals surface area (Å²) in [6, 6.07) is 0. The van der Waals surface area contributed by atoms with E-state index in [-0.39, 0.29) is 0 Å². The minimum absolute atomic E-state index is 0.659. The van der Waals surface area contributed by atoms with Crippen molar-refractivity contribution in [3.05, 3.63) is 23.3 Å². The summed E-state index contributed by atoms with van der Waals surface area (Å²) in [5.74, 6) is 1.57. The second-order valence-corrected chi connectivity index (χ2v) is 4.73. The highest BCUT2D eigenvalue weighted by Gasteiger charge is 2.05. The van der Waals surface area contributed by atoms with E-state index in [1.165, 1.54) is 5.56 Å². The molecule has 0 fully saturated rings. The number of rotatable bonds is 4. The van der Waals surface area contributed by atoms with Gasteiger partial charge in [0, 0.05) is 11.9 Å². The summed E-state index contributed by atoms with van der Waals surface area (Å²) in [5, 5.41) is 0. The van der Waals surface area contributed by atoms with E-state index in [4.69, 9.17) is 0 Å². The molecule has 3 heteroatoms. The Morgan fingerprint density at radius 3 is 2.47 bits per heavy atom. The molecular weight excluding hydrogens is 186 g/mol. The van der Waals surface area contributed by atoms with E-state index in [1.807, 2.05) is 20.3 Å². The quantitative estimate of drug-likeness (QED) is 0.756. The van der Waals surface area contributed by atoms with Crippen molar-refractivity contribution < 1.29 is 0 Å². The molecule has 0 bridgehead atoms. The fraction of sp³-hybridized carbons (Fsp3) is 0.667. The van der Waals surface area contributed by atoms with Crippen LogP contribution in [-0.2, 0) is 13.0 Å². The molecule has 1 rings (SSSR count). The Hall–Kier alpha value is -0.960. The summed E-state index contributed by atoms with van der Waals surface area (Å²) in [6.07, 6.45) is 3.04. The summed E-state index contributed by atoms with van der Waals surface area (Å²) in [4.78, 5) is 11.0. The maximum absolute atomic E-state index is 4.51. The molecule has 84 valence electrons. The second-order valence-electron chi connectivity index (χ2n) is 4.73. The molecule has 0 unspecified atom stereocenters. The minimum Gasteiger partial charge on any atom is -0.302 e. The van der Waals surface area contributed by atoms with Crippen molar-refractivity contribution in [3.63, 3.8) is 0 Å². The van der Waals surface area contributed by atoms with Crippen LogP contribution in [-0.4, -0.2) is 29.0 Å². The number of nitrogens with zero attached hydrogens (tertiary/aromatic N) is 3. The van der Waals surface area contributed by atoms with Crippen molar-refractivity contribution in [3.8, 4) is 0 Å². The summed E-state index contributed by atoms with van der Waals surface area (Å²) in [7, 11) is 4.06. The minimum atomic E-state index is 0.659. The van der Waals surface area contributed by atoms with E-state index in [2.05, 4.69) is 35.6 Å². The first-order valence-corrected chi connectivity index (χ1v) is 5.45. The third-order valence-electron chi connectivity index (χ3n) is 2.22. The van der Waals surface area contributed by atoms with Crippen LogP contribution >= 0.6 is 0 Å². The van der Waals surface area contributed by atoms with Crippen molar-refractivity contribution in [2.75, 3.05) is 14.1 Å². The summed E-state index contributed by atoms with van der Waals surface area (Å²) >= 11 is 0. The van der Waals surface area contributed by atoms with E-state index in [0.717, 1.165) is 24.5 Å². The van der Waals surface area contributed by atoms with E-state index >= 15 is 0 Å². The Morgan fingerprint density at radius 2 is 2.00 bits per heavy atom. The molecular formula is C12H21N3. The Balaban J connectivity index is 2.78. The third-order valence-corrected chi connectivity index (χ3v) is 2.22. The molecule has 0 saturated heterocycles. The molecule has 0 aliphatic carbocycles. The average molecular weight is 207 g/mol. The van der Waals surface area contributed by atoms with Crippen LogP contribution < -0.4 is 0 Å². The molecule has 1 aromatic rings. The molecule has 0 aliphatic heterocycles. The topological polar surface area (TPSA) is 29.0 Å². The van der Waals surface area contributed by atoms with Crippen LogP contribution in [0.3, 0.4) is 0 Å². The Bertz CT molecular complexity index is 319. The predicted molar refractivity (Wildman–Crippen MR) is 62.7 cm³/mol. The molecule has 0 saturated carbocycles. The smallest absolute Gasteiger partial charge is 0.142 e. The molecule has 1 aromatic heterocycles. The van der Waals surface area contributed by atoms with Crippen LogP contribution in [0, 0.1) is 12.8 Å².